The van der Waals surface area contributed by atoms with Crippen LogP contribution in [-0.4, -0.2) is 29.3 Å². The summed E-state index contributed by atoms with van der Waals surface area (Å²) in [6.07, 6.45) is 0. The van der Waals surface area contributed by atoms with Gasteiger partial charge in [0.25, 0.3) is 0 Å². The molecule has 1 aromatic heterocycles. The minimum absolute atomic E-state index is 0.0433. The monoisotopic (exact) mass is 387 g/mol. The molecule has 2 N–H and O–H groups in total. The molecule has 2 rings (SSSR count). The molecule has 0 saturated heterocycles. The number of nitro benzene ring substituents is 1. The van der Waals surface area contributed by atoms with E-state index in [1.54, 1.807) is 6.92 Å². The van der Waals surface area contributed by atoms with E-state index in [1.165, 1.54) is 22.9 Å². The number of aromatic nitrogens is 2. The molecule has 0 saturated carbocycles. The second kappa shape index (κ2) is 7.27. The predicted octanol–water partition coefficient (Wildman–Crippen LogP) is 1.79. The quantitative estimate of drug-likeness (QED) is 0.447. The molecule has 1 aromatic carbocycles. The number of amides is 2. The van der Waals surface area contributed by atoms with Gasteiger partial charge in [0, 0.05) is 11.8 Å². The maximum Gasteiger partial charge on any atom is 0.411 e. The molecular weight excluding hydrogens is 378 g/mol. The molecule has 0 radical (unpaired) electrons. The highest BCUT2D eigenvalue weighted by Gasteiger charge is 2.23. The molecule has 2 amide bonds. The number of urea groups is 1. The average Bonchev–Trinajstić information content (AvgIpc) is 2.44. The van der Waals surface area contributed by atoms with E-state index in [0.717, 1.165) is 12.1 Å². The van der Waals surface area contributed by atoms with Crippen molar-refractivity contribution >= 4 is 39.6 Å². The number of aryl methyl sites for hydroxylation is 1. The summed E-state index contributed by atoms with van der Waals surface area (Å²) < 4.78 is 29.7. The third kappa shape index (κ3) is 5.26. The summed E-state index contributed by atoms with van der Waals surface area (Å²) >= 11 is 5.69. The van der Waals surface area contributed by atoms with Gasteiger partial charge in [-0.2, -0.15) is 8.42 Å². The van der Waals surface area contributed by atoms with Crippen molar-refractivity contribution in [2.75, 3.05) is 5.32 Å². The number of para-hydroxylation sites is 2. The first-order valence-corrected chi connectivity index (χ1v) is 8.23. The highest BCUT2D eigenvalue weighted by molar-refractivity contribution is 7.85. The zero-order chi connectivity index (χ0) is 18.6. The molecule has 0 spiro atoms. The van der Waals surface area contributed by atoms with Crippen molar-refractivity contribution in [3.8, 4) is 5.75 Å². The van der Waals surface area contributed by atoms with Gasteiger partial charge in [-0.05, 0) is 19.1 Å². The van der Waals surface area contributed by atoms with Gasteiger partial charge in [0.2, 0.25) is 11.7 Å². The number of nitrogens with one attached hydrogen (secondary N) is 2. The molecule has 1 heterocycles. The van der Waals surface area contributed by atoms with Crippen LogP contribution in [0.4, 0.5) is 16.4 Å². The molecule has 0 fully saturated rings. The molecule has 0 aliphatic heterocycles. The minimum Gasteiger partial charge on any atom is -0.359 e. The molecule has 2 aromatic rings. The van der Waals surface area contributed by atoms with Crippen molar-refractivity contribution in [3.05, 3.63) is 51.3 Å². The lowest BCUT2D eigenvalue weighted by atomic mass is 10.3. The average molecular weight is 388 g/mol. The smallest absolute Gasteiger partial charge is 0.359 e. The van der Waals surface area contributed by atoms with Crippen LogP contribution in [0, 0.1) is 17.0 Å². The second-order valence-electron chi connectivity index (χ2n) is 4.47. The normalized spacial score (nSPS) is 10.8. The Bertz CT molecular complexity index is 915. The highest BCUT2D eigenvalue weighted by Crippen LogP contribution is 2.26. The van der Waals surface area contributed by atoms with E-state index >= 15 is 0 Å². The lowest BCUT2D eigenvalue weighted by molar-refractivity contribution is -0.385. The van der Waals surface area contributed by atoms with E-state index in [-0.39, 0.29) is 11.1 Å². The van der Waals surface area contributed by atoms with Gasteiger partial charge in [-0.1, -0.05) is 23.7 Å². The van der Waals surface area contributed by atoms with Gasteiger partial charge in [0.15, 0.2) is 0 Å². The van der Waals surface area contributed by atoms with Crippen molar-refractivity contribution < 1.29 is 22.3 Å². The predicted molar refractivity (Wildman–Crippen MR) is 86.6 cm³/mol. The SMILES string of the molecule is Cc1cc(Cl)nc(NC(=O)NS(=O)(=O)Oc2ccccc2[N+](=O)[O-])n1. The third-order valence-corrected chi connectivity index (χ3v) is 3.56. The van der Waals surface area contributed by atoms with E-state index in [2.05, 4.69) is 19.5 Å². The third-order valence-electron chi connectivity index (χ3n) is 2.53. The van der Waals surface area contributed by atoms with Gasteiger partial charge in [0.05, 0.1) is 4.92 Å². The maximum absolute atomic E-state index is 11.8. The number of rotatable bonds is 5. The maximum atomic E-state index is 11.8. The van der Waals surface area contributed by atoms with E-state index < -0.39 is 32.7 Å². The van der Waals surface area contributed by atoms with Crippen LogP contribution in [0.25, 0.3) is 0 Å². The largest absolute Gasteiger partial charge is 0.411 e. The topological polar surface area (TPSA) is 153 Å². The molecule has 132 valence electrons. The summed E-state index contributed by atoms with van der Waals surface area (Å²) in [7, 11) is -4.69. The number of benzene rings is 1. The standard InChI is InChI=1S/C12H10ClN5O6S/c1-7-6-10(13)15-11(14-7)16-12(19)17-25(22,23)24-9-5-3-2-4-8(9)18(20)21/h2-6H,1H3,(H2,14,15,16,17,19). The molecule has 25 heavy (non-hydrogen) atoms. The molecule has 0 aliphatic carbocycles. The fourth-order valence-electron chi connectivity index (χ4n) is 1.64. The van der Waals surface area contributed by atoms with Crippen LogP contribution >= 0.6 is 11.6 Å². The zero-order valence-corrected chi connectivity index (χ0v) is 14.0. The van der Waals surface area contributed by atoms with Crippen molar-refractivity contribution in [2.24, 2.45) is 0 Å². The second-order valence-corrected chi connectivity index (χ2v) is 6.14. The van der Waals surface area contributed by atoms with Crippen molar-refractivity contribution in [2.45, 2.75) is 6.92 Å². The Hall–Kier alpha value is -2.99. The van der Waals surface area contributed by atoms with Crippen LogP contribution in [-0.2, 0) is 10.3 Å². The fourth-order valence-corrected chi connectivity index (χ4v) is 2.58. The van der Waals surface area contributed by atoms with Crippen molar-refractivity contribution in [1.82, 2.24) is 14.7 Å². The highest BCUT2D eigenvalue weighted by atomic mass is 35.5. The van der Waals surface area contributed by atoms with Crippen LogP contribution in [0.2, 0.25) is 5.15 Å². The molecular formula is C12H10ClN5O6S. The van der Waals surface area contributed by atoms with Gasteiger partial charge >= 0.3 is 22.0 Å². The number of nitrogens with zero attached hydrogens (tertiary/aromatic N) is 3. The number of nitro groups is 1. The summed E-state index contributed by atoms with van der Waals surface area (Å²) in [6.45, 7) is 1.59. The minimum atomic E-state index is -4.69. The lowest BCUT2D eigenvalue weighted by Crippen LogP contribution is -2.37. The van der Waals surface area contributed by atoms with E-state index in [9.17, 15) is 23.3 Å². The van der Waals surface area contributed by atoms with Gasteiger partial charge in [-0.15, -0.1) is 0 Å². The summed E-state index contributed by atoms with van der Waals surface area (Å²) in [6, 6.07) is 4.97. The molecule has 0 unspecified atom stereocenters. The number of anilines is 1. The van der Waals surface area contributed by atoms with E-state index in [1.807, 2.05) is 0 Å². The Morgan fingerprint density at radius 2 is 2.00 bits per heavy atom. The van der Waals surface area contributed by atoms with E-state index in [0.29, 0.717) is 5.69 Å². The Kier molecular flexibility index (Phi) is 5.34. The van der Waals surface area contributed by atoms with Crippen LogP contribution in [0.15, 0.2) is 30.3 Å². The van der Waals surface area contributed by atoms with Gasteiger partial charge in [-0.3, -0.25) is 15.4 Å². The van der Waals surface area contributed by atoms with E-state index in [4.69, 9.17) is 11.6 Å². The summed E-state index contributed by atoms with van der Waals surface area (Å²) in [5.41, 5.74) is -0.142. The fraction of sp³-hybridized carbons (Fsp3) is 0.0833. The number of hydrogen-bond donors (Lipinski definition) is 2. The summed E-state index contributed by atoms with van der Waals surface area (Å²) in [5.74, 6) is -0.786. The van der Waals surface area contributed by atoms with Crippen LogP contribution in [0.5, 0.6) is 5.75 Å². The molecule has 13 heteroatoms. The summed E-state index contributed by atoms with van der Waals surface area (Å²) in [5, 5.41) is 12.9. The van der Waals surface area contributed by atoms with Crippen LogP contribution in [0.3, 0.4) is 0 Å². The first-order valence-electron chi connectivity index (χ1n) is 6.44. The molecule has 0 bridgehead atoms. The van der Waals surface area contributed by atoms with Crippen LogP contribution < -0.4 is 14.2 Å². The first kappa shape index (κ1) is 18.4. The van der Waals surface area contributed by atoms with Crippen molar-refractivity contribution in [1.29, 1.82) is 0 Å². The number of carbonyl (C=O) groups excluding carboxylic acids is 1. The Labute approximate surface area is 146 Å². The molecule has 11 nitrogen and oxygen atoms in total. The molecule has 0 atom stereocenters. The Balaban J connectivity index is 2.11. The van der Waals surface area contributed by atoms with Crippen molar-refractivity contribution in [3.63, 3.8) is 0 Å². The number of carbonyl (C=O) groups is 1. The number of hydrogen-bond acceptors (Lipinski definition) is 8. The summed E-state index contributed by atoms with van der Waals surface area (Å²) in [4.78, 5) is 29.2. The molecule has 0 aliphatic rings. The number of halogens is 1. The lowest BCUT2D eigenvalue weighted by Gasteiger charge is -2.09. The van der Waals surface area contributed by atoms with Crippen LogP contribution in [0.1, 0.15) is 5.69 Å². The zero-order valence-electron chi connectivity index (χ0n) is 12.5. The van der Waals surface area contributed by atoms with Gasteiger partial charge < -0.3 is 4.18 Å². The Morgan fingerprint density at radius 3 is 2.64 bits per heavy atom. The Morgan fingerprint density at radius 1 is 1.32 bits per heavy atom. The van der Waals surface area contributed by atoms with Gasteiger partial charge in [-0.25, -0.2) is 19.5 Å². The first-order chi connectivity index (χ1) is 11.7. The van der Waals surface area contributed by atoms with Gasteiger partial charge in [0.1, 0.15) is 5.15 Å².